The molecule has 0 saturated heterocycles. The van der Waals surface area contributed by atoms with Crippen LogP contribution in [0, 0.1) is 0 Å². The number of hydrogen-bond donors (Lipinski definition) is 0. The second kappa shape index (κ2) is 3.94. The lowest BCUT2D eigenvalue weighted by atomic mass is 9.97. The molecule has 3 heteroatoms. The van der Waals surface area contributed by atoms with E-state index in [1.165, 1.54) is 0 Å². The van der Waals surface area contributed by atoms with Crippen molar-refractivity contribution >= 4 is 11.6 Å². The highest BCUT2D eigenvalue weighted by molar-refractivity contribution is 6.14. The molecule has 3 rings (SSSR count). The molecule has 0 aliphatic carbocycles. The Morgan fingerprint density at radius 3 is 2.65 bits per heavy atom. The summed E-state index contributed by atoms with van der Waals surface area (Å²) in [5.74, 6) is -0.174. The van der Waals surface area contributed by atoms with E-state index in [1.807, 2.05) is 42.5 Å². The molecule has 1 aliphatic heterocycles. The van der Waals surface area contributed by atoms with Crippen LogP contribution >= 0.6 is 0 Å². The van der Waals surface area contributed by atoms with E-state index in [0.717, 1.165) is 17.0 Å². The summed E-state index contributed by atoms with van der Waals surface area (Å²) in [5, 5.41) is 0. The zero-order valence-corrected chi connectivity index (χ0v) is 9.13. The number of aromatic nitrogens is 1. The first kappa shape index (κ1) is 9.90. The SMILES string of the molecule is O=C1N=C(c2ccccn2)Cc2ccccc21. The number of nitrogens with zero attached hydrogens (tertiary/aromatic N) is 2. The lowest BCUT2D eigenvalue weighted by Crippen LogP contribution is -2.18. The van der Waals surface area contributed by atoms with Gasteiger partial charge in [-0.1, -0.05) is 24.3 Å². The van der Waals surface area contributed by atoms with Crippen LogP contribution in [0.25, 0.3) is 0 Å². The van der Waals surface area contributed by atoms with Gasteiger partial charge in [-0.25, -0.2) is 4.99 Å². The summed E-state index contributed by atoms with van der Waals surface area (Å²) in [6.45, 7) is 0. The van der Waals surface area contributed by atoms with Gasteiger partial charge in [0.2, 0.25) is 0 Å². The summed E-state index contributed by atoms with van der Waals surface area (Å²) in [6.07, 6.45) is 2.38. The molecule has 1 aliphatic rings. The van der Waals surface area contributed by atoms with E-state index in [4.69, 9.17) is 0 Å². The van der Waals surface area contributed by atoms with E-state index < -0.39 is 0 Å². The molecule has 17 heavy (non-hydrogen) atoms. The number of pyridine rings is 1. The largest absolute Gasteiger partial charge is 0.277 e. The molecule has 0 N–H and O–H groups in total. The van der Waals surface area contributed by atoms with Crippen LogP contribution in [0.2, 0.25) is 0 Å². The van der Waals surface area contributed by atoms with Crippen molar-refractivity contribution in [2.24, 2.45) is 4.99 Å². The van der Waals surface area contributed by atoms with Crippen molar-refractivity contribution in [3.8, 4) is 0 Å². The average Bonchev–Trinajstić information content (AvgIpc) is 2.40. The lowest BCUT2D eigenvalue weighted by molar-refractivity contribution is 0.1000. The Labute approximate surface area is 98.9 Å². The maximum atomic E-state index is 11.9. The first-order valence-corrected chi connectivity index (χ1v) is 5.46. The topological polar surface area (TPSA) is 42.3 Å². The van der Waals surface area contributed by atoms with Crippen LogP contribution in [-0.4, -0.2) is 16.6 Å². The van der Waals surface area contributed by atoms with Crippen LogP contribution in [0.1, 0.15) is 21.6 Å². The molecule has 1 amide bonds. The van der Waals surface area contributed by atoms with Crippen molar-refractivity contribution in [3.63, 3.8) is 0 Å². The first-order chi connectivity index (χ1) is 8.34. The van der Waals surface area contributed by atoms with Crippen molar-refractivity contribution in [3.05, 3.63) is 65.5 Å². The maximum absolute atomic E-state index is 11.9. The van der Waals surface area contributed by atoms with E-state index in [1.54, 1.807) is 6.20 Å². The van der Waals surface area contributed by atoms with Gasteiger partial charge < -0.3 is 0 Å². The number of amides is 1. The highest BCUT2D eigenvalue weighted by atomic mass is 16.1. The van der Waals surface area contributed by atoms with Gasteiger partial charge in [-0.3, -0.25) is 9.78 Å². The van der Waals surface area contributed by atoms with Gasteiger partial charge in [-0.2, -0.15) is 0 Å². The predicted molar refractivity (Wildman–Crippen MR) is 65.3 cm³/mol. The molecule has 1 aromatic heterocycles. The third-order valence-corrected chi connectivity index (χ3v) is 2.80. The van der Waals surface area contributed by atoms with Crippen LogP contribution in [0.4, 0.5) is 0 Å². The van der Waals surface area contributed by atoms with Gasteiger partial charge in [0.25, 0.3) is 5.91 Å². The minimum Gasteiger partial charge on any atom is -0.267 e. The first-order valence-electron chi connectivity index (χ1n) is 5.46. The summed E-state index contributed by atoms with van der Waals surface area (Å²) < 4.78 is 0. The number of rotatable bonds is 1. The Morgan fingerprint density at radius 1 is 1.00 bits per heavy atom. The Hall–Kier alpha value is -2.29. The second-order valence-corrected chi connectivity index (χ2v) is 3.91. The quantitative estimate of drug-likeness (QED) is 0.742. The Balaban J connectivity index is 2.05. The van der Waals surface area contributed by atoms with Gasteiger partial charge in [-0.05, 0) is 23.8 Å². The average molecular weight is 222 g/mol. The number of fused-ring (bicyclic) bond motifs is 1. The molecule has 2 aromatic rings. The molecule has 0 radical (unpaired) electrons. The molecular weight excluding hydrogens is 212 g/mol. The highest BCUT2D eigenvalue weighted by Gasteiger charge is 2.19. The summed E-state index contributed by atoms with van der Waals surface area (Å²) in [4.78, 5) is 20.2. The predicted octanol–water partition coefficient (Wildman–Crippen LogP) is 2.27. The van der Waals surface area contributed by atoms with E-state index >= 15 is 0 Å². The number of hydrogen-bond acceptors (Lipinski definition) is 2. The minimum absolute atomic E-state index is 0.174. The molecule has 82 valence electrons. The van der Waals surface area contributed by atoms with Crippen LogP contribution in [0.5, 0.6) is 0 Å². The molecule has 0 spiro atoms. The van der Waals surface area contributed by atoms with Gasteiger partial charge in [-0.15, -0.1) is 0 Å². The van der Waals surface area contributed by atoms with Crippen molar-refractivity contribution in [1.82, 2.24) is 4.98 Å². The molecule has 2 heterocycles. The van der Waals surface area contributed by atoms with E-state index in [-0.39, 0.29) is 5.91 Å². The highest BCUT2D eigenvalue weighted by Crippen LogP contribution is 2.18. The minimum atomic E-state index is -0.174. The smallest absolute Gasteiger partial charge is 0.267 e. The summed E-state index contributed by atoms with van der Waals surface area (Å²) in [7, 11) is 0. The van der Waals surface area contributed by atoms with Crippen LogP contribution in [-0.2, 0) is 6.42 Å². The van der Waals surface area contributed by atoms with E-state index in [0.29, 0.717) is 12.0 Å². The van der Waals surface area contributed by atoms with Crippen molar-refractivity contribution in [2.75, 3.05) is 0 Å². The normalized spacial score (nSPS) is 14.1. The molecule has 0 fully saturated rings. The molecule has 0 atom stereocenters. The second-order valence-electron chi connectivity index (χ2n) is 3.91. The molecule has 1 aromatic carbocycles. The molecule has 3 nitrogen and oxygen atoms in total. The van der Waals surface area contributed by atoms with Gasteiger partial charge in [0.1, 0.15) is 0 Å². The number of aliphatic imine (C=N–C) groups is 1. The van der Waals surface area contributed by atoms with Gasteiger partial charge >= 0.3 is 0 Å². The van der Waals surface area contributed by atoms with Crippen molar-refractivity contribution < 1.29 is 4.79 Å². The van der Waals surface area contributed by atoms with Crippen LogP contribution in [0.15, 0.2) is 53.7 Å². The van der Waals surface area contributed by atoms with Gasteiger partial charge in [0.05, 0.1) is 11.4 Å². The Morgan fingerprint density at radius 2 is 1.82 bits per heavy atom. The van der Waals surface area contributed by atoms with Crippen molar-refractivity contribution in [2.45, 2.75) is 6.42 Å². The Bertz CT molecular complexity index is 603. The summed E-state index contributed by atoms with van der Waals surface area (Å²) in [5.41, 5.74) is 3.24. The van der Waals surface area contributed by atoms with E-state index in [9.17, 15) is 4.79 Å². The number of carbonyl (C=O) groups is 1. The lowest BCUT2D eigenvalue weighted by Gasteiger charge is -2.14. The fraction of sp³-hybridized carbons (Fsp3) is 0.0714. The fourth-order valence-corrected chi connectivity index (χ4v) is 1.97. The number of benzene rings is 1. The molecular formula is C14H10N2O. The molecule has 0 bridgehead atoms. The van der Waals surface area contributed by atoms with E-state index in [2.05, 4.69) is 9.98 Å². The standard InChI is InChI=1S/C14H10N2O/c17-14-11-6-2-1-5-10(11)9-13(16-14)12-7-3-4-8-15-12/h1-8H,9H2. The van der Waals surface area contributed by atoms with Gasteiger partial charge in [0, 0.05) is 18.2 Å². The molecule has 0 unspecified atom stereocenters. The van der Waals surface area contributed by atoms with Crippen LogP contribution < -0.4 is 0 Å². The van der Waals surface area contributed by atoms with Crippen molar-refractivity contribution in [1.29, 1.82) is 0 Å². The Kier molecular flexibility index (Phi) is 2.29. The zero-order chi connectivity index (χ0) is 11.7. The van der Waals surface area contributed by atoms with Gasteiger partial charge in [0.15, 0.2) is 0 Å². The van der Waals surface area contributed by atoms with Crippen LogP contribution in [0.3, 0.4) is 0 Å². The fourth-order valence-electron chi connectivity index (χ4n) is 1.97. The summed E-state index contributed by atoms with van der Waals surface area (Å²) in [6, 6.07) is 13.2. The zero-order valence-electron chi connectivity index (χ0n) is 9.13. The third-order valence-electron chi connectivity index (χ3n) is 2.80. The maximum Gasteiger partial charge on any atom is 0.277 e. The summed E-state index contributed by atoms with van der Waals surface area (Å²) >= 11 is 0. The monoisotopic (exact) mass is 222 g/mol. The number of carbonyl (C=O) groups excluding carboxylic acids is 1. The molecule has 0 saturated carbocycles. The third kappa shape index (κ3) is 1.76.